The van der Waals surface area contributed by atoms with Crippen molar-refractivity contribution in [2.45, 2.75) is 32.7 Å². The molecule has 3 heterocycles. The van der Waals surface area contributed by atoms with Gasteiger partial charge in [0.1, 0.15) is 12.2 Å². The highest BCUT2D eigenvalue weighted by atomic mass is 16.2. The number of rotatable bonds is 5. The number of aromatic nitrogens is 4. The minimum Gasteiger partial charge on any atom is -0.346 e. The van der Waals surface area contributed by atoms with Crippen molar-refractivity contribution in [1.29, 1.82) is 0 Å². The summed E-state index contributed by atoms with van der Waals surface area (Å²) in [4.78, 5) is 35.3. The van der Waals surface area contributed by atoms with E-state index in [2.05, 4.69) is 34.2 Å². The predicted octanol–water partition coefficient (Wildman–Crippen LogP) is 1.58. The molecule has 0 saturated carbocycles. The Morgan fingerprint density at radius 3 is 2.41 bits per heavy atom. The summed E-state index contributed by atoms with van der Waals surface area (Å²) in [5.74, 6) is 0.873. The third kappa shape index (κ3) is 4.32. The molecule has 8 heteroatoms. The number of nitrogens with one attached hydrogen (secondary N) is 1. The van der Waals surface area contributed by atoms with E-state index < -0.39 is 0 Å². The Kier molecular flexibility index (Phi) is 5.83. The average Bonchev–Trinajstić information content (AvgIpc) is 3.11. The molecule has 0 bridgehead atoms. The first-order valence-corrected chi connectivity index (χ1v) is 9.31. The van der Waals surface area contributed by atoms with Gasteiger partial charge in [-0.3, -0.25) is 19.3 Å². The zero-order valence-corrected chi connectivity index (χ0v) is 16.0. The molecule has 0 spiro atoms. The van der Waals surface area contributed by atoms with Crippen LogP contribution in [0, 0.1) is 11.8 Å². The highest BCUT2D eigenvalue weighted by Crippen LogP contribution is 2.23. The molecule has 0 aliphatic carbocycles. The van der Waals surface area contributed by atoms with E-state index in [9.17, 15) is 9.59 Å². The molecule has 8 nitrogen and oxygen atoms in total. The van der Waals surface area contributed by atoms with Crippen LogP contribution in [0.1, 0.15) is 48.9 Å². The maximum atomic E-state index is 12.8. The third-order valence-corrected chi connectivity index (χ3v) is 5.07. The van der Waals surface area contributed by atoms with Crippen LogP contribution in [0.2, 0.25) is 0 Å². The van der Waals surface area contributed by atoms with E-state index in [4.69, 9.17) is 0 Å². The standard InChI is InChI=1S/C19H26N6O2/c1-13(2)16(17-21-12-22-24(17)3)23-18(26)14-6-10-25(11-7-14)19(27)15-4-8-20-9-5-15/h4-5,8-9,12-14,16H,6-7,10-11H2,1-3H3,(H,23,26). The van der Waals surface area contributed by atoms with E-state index in [0.717, 1.165) is 5.82 Å². The fraction of sp³-hybridized carbons (Fsp3) is 0.526. The van der Waals surface area contributed by atoms with Gasteiger partial charge < -0.3 is 10.2 Å². The molecule has 144 valence electrons. The SMILES string of the molecule is CC(C)C(NC(=O)C1CCN(C(=O)c2ccncc2)CC1)c1ncnn1C. The summed E-state index contributed by atoms with van der Waals surface area (Å²) in [6.45, 7) is 5.26. The zero-order valence-electron chi connectivity index (χ0n) is 16.0. The lowest BCUT2D eigenvalue weighted by atomic mass is 9.94. The molecule has 1 fully saturated rings. The summed E-state index contributed by atoms with van der Waals surface area (Å²) in [5.41, 5.74) is 0.634. The number of hydrogen-bond donors (Lipinski definition) is 1. The van der Waals surface area contributed by atoms with Crippen molar-refractivity contribution >= 4 is 11.8 Å². The van der Waals surface area contributed by atoms with Crippen LogP contribution in [0.25, 0.3) is 0 Å². The maximum absolute atomic E-state index is 12.8. The normalized spacial score (nSPS) is 16.4. The van der Waals surface area contributed by atoms with Crippen LogP contribution in [0.15, 0.2) is 30.9 Å². The third-order valence-electron chi connectivity index (χ3n) is 5.07. The van der Waals surface area contributed by atoms with E-state index >= 15 is 0 Å². The predicted molar refractivity (Wildman–Crippen MR) is 99.6 cm³/mol. The molecular weight excluding hydrogens is 344 g/mol. The Morgan fingerprint density at radius 2 is 1.85 bits per heavy atom. The van der Waals surface area contributed by atoms with Crippen LogP contribution in [0.5, 0.6) is 0 Å². The van der Waals surface area contributed by atoms with Crippen molar-refractivity contribution in [1.82, 2.24) is 30.0 Å². The van der Waals surface area contributed by atoms with Crippen LogP contribution < -0.4 is 5.32 Å². The molecule has 1 aliphatic heterocycles. The number of carbonyl (C=O) groups excluding carboxylic acids is 2. The summed E-state index contributed by atoms with van der Waals surface area (Å²) in [5, 5.41) is 7.23. The van der Waals surface area contributed by atoms with Gasteiger partial charge in [0.25, 0.3) is 5.91 Å². The fourth-order valence-corrected chi connectivity index (χ4v) is 3.41. The summed E-state index contributed by atoms with van der Waals surface area (Å²) in [7, 11) is 1.83. The molecule has 1 N–H and O–H groups in total. The molecule has 2 aromatic heterocycles. The lowest BCUT2D eigenvalue weighted by Gasteiger charge is -2.32. The number of amides is 2. The molecule has 2 amide bonds. The molecule has 0 radical (unpaired) electrons. The Morgan fingerprint density at radius 1 is 1.19 bits per heavy atom. The summed E-state index contributed by atoms with van der Waals surface area (Å²) >= 11 is 0. The quantitative estimate of drug-likeness (QED) is 0.862. The minimum absolute atomic E-state index is 0.00426. The first-order valence-electron chi connectivity index (χ1n) is 9.31. The van der Waals surface area contributed by atoms with Crippen molar-refractivity contribution in [2.24, 2.45) is 18.9 Å². The molecule has 2 aromatic rings. The number of nitrogens with zero attached hydrogens (tertiary/aromatic N) is 5. The molecule has 1 saturated heterocycles. The second-order valence-corrected chi connectivity index (χ2v) is 7.27. The minimum atomic E-state index is -0.179. The highest BCUT2D eigenvalue weighted by molar-refractivity contribution is 5.94. The topological polar surface area (TPSA) is 93.0 Å². The Bertz CT molecular complexity index is 781. The lowest BCUT2D eigenvalue weighted by Crippen LogP contribution is -2.44. The Hall–Kier alpha value is -2.77. The second-order valence-electron chi connectivity index (χ2n) is 7.27. The number of pyridine rings is 1. The smallest absolute Gasteiger partial charge is 0.253 e. The van der Waals surface area contributed by atoms with Gasteiger partial charge in [0.2, 0.25) is 5.91 Å². The van der Waals surface area contributed by atoms with Crippen molar-refractivity contribution in [3.63, 3.8) is 0 Å². The van der Waals surface area contributed by atoms with Gasteiger partial charge in [-0.2, -0.15) is 5.10 Å². The molecular formula is C19H26N6O2. The number of hydrogen-bond acceptors (Lipinski definition) is 5. The average molecular weight is 370 g/mol. The molecule has 3 rings (SSSR count). The molecule has 27 heavy (non-hydrogen) atoms. The van der Waals surface area contributed by atoms with Crippen molar-refractivity contribution < 1.29 is 9.59 Å². The van der Waals surface area contributed by atoms with Gasteiger partial charge in [0.15, 0.2) is 0 Å². The molecule has 1 unspecified atom stereocenters. The zero-order chi connectivity index (χ0) is 19.4. The van der Waals surface area contributed by atoms with Crippen LogP contribution in [0.3, 0.4) is 0 Å². The highest BCUT2D eigenvalue weighted by Gasteiger charge is 2.30. The molecule has 1 atom stereocenters. The van der Waals surface area contributed by atoms with Crippen LogP contribution >= 0.6 is 0 Å². The van der Waals surface area contributed by atoms with Gasteiger partial charge in [-0.25, -0.2) is 4.98 Å². The van der Waals surface area contributed by atoms with Gasteiger partial charge >= 0.3 is 0 Å². The fourth-order valence-electron chi connectivity index (χ4n) is 3.41. The van der Waals surface area contributed by atoms with Crippen LogP contribution in [0.4, 0.5) is 0 Å². The Balaban J connectivity index is 1.58. The largest absolute Gasteiger partial charge is 0.346 e. The van der Waals surface area contributed by atoms with Gasteiger partial charge in [-0.05, 0) is 30.9 Å². The van der Waals surface area contributed by atoms with Crippen LogP contribution in [-0.2, 0) is 11.8 Å². The van der Waals surface area contributed by atoms with Crippen molar-refractivity contribution in [3.8, 4) is 0 Å². The van der Waals surface area contributed by atoms with E-state index in [-0.39, 0.29) is 29.7 Å². The molecule has 0 aromatic carbocycles. The second kappa shape index (κ2) is 8.28. The number of piperidine rings is 1. The number of likely N-dealkylation sites (tertiary alicyclic amines) is 1. The van der Waals surface area contributed by atoms with E-state index in [1.165, 1.54) is 6.33 Å². The first kappa shape index (κ1) is 19.0. The van der Waals surface area contributed by atoms with Gasteiger partial charge in [-0.15, -0.1) is 0 Å². The van der Waals surface area contributed by atoms with E-state index in [0.29, 0.717) is 31.5 Å². The van der Waals surface area contributed by atoms with Gasteiger partial charge in [-0.1, -0.05) is 13.8 Å². The summed E-state index contributed by atoms with van der Waals surface area (Å²) in [6.07, 6.45) is 6.05. The summed E-state index contributed by atoms with van der Waals surface area (Å²) in [6, 6.07) is 3.26. The van der Waals surface area contributed by atoms with Crippen molar-refractivity contribution in [2.75, 3.05) is 13.1 Å². The van der Waals surface area contributed by atoms with E-state index in [1.807, 2.05) is 11.9 Å². The first-order chi connectivity index (χ1) is 13.0. The van der Waals surface area contributed by atoms with Gasteiger partial charge in [0, 0.05) is 44.0 Å². The summed E-state index contributed by atoms with van der Waals surface area (Å²) < 4.78 is 1.70. The maximum Gasteiger partial charge on any atom is 0.253 e. The monoisotopic (exact) mass is 370 g/mol. The van der Waals surface area contributed by atoms with E-state index in [1.54, 1.807) is 29.2 Å². The molecule has 1 aliphatic rings. The number of carbonyl (C=O) groups is 2. The number of aryl methyl sites for hydroxylation is 1. The van der Waals surface area contributed by atoms with Gasteiger partial charge in [0.05, 0.1) is 6.04 Å². The van der Waals surface area contributed by atoms with Crippen LogP contribution in [-0.4, -0.2) is 49.6 Å². The Labute approximate surface area is 159 Å². The van der Waals surface area contributed by atoms with Crippen molar-refractivity contribution in [3.05, 3.63) is 42.2 Å². The lowest BCUT2D eigenvalue weighted by molar-refractivity contribution is -0.127.